The number of ether oxygens (including phenoxy) is 1. The molecule has 1 aromatic carbocycles. The van der Waals surface area contributed by atoms with Crippen molar-refractivity contribution < 1.29 is 4.74 Å². The van der Waals surface area contributed by atoms with Gasteiger partial charge in [0.05, 0.1) is 0 Å². The quantitative estimate of drug-likeness (QED) is 0.726. The highest BCUT2D eigenvalue weighted by Gasteiger charge is 2.18. The van der Waals surface area contributed by atoms with Crippen molar-refractivity contribution in [3.05, 3.63) is 30.3 Å². The van der Waals surface area contributed by atoms with Gasteiger partial charge in [0.25, 0.3) is 0 Å². The lowest BCUT2D eigenvalue weighted by Gasteiger charge is -2.31. The van der Waals surface area contributed by atoms with Crippen LogP contribution in [0.3, 0.4) is 0 Å². The van der Waals surface area contributed by atoms with Gasteiger partial charge >= 0.3 is 0 Å². The van der Waals surface area contributed by atoms with E-state index in [0.29, 0.717) is 0 Å². The molecule has 0 aromatic heterocycles. The fourth-order valence-corrected chi connectivity index (χ4v) is 2.71. The highest BCUT2D eigenvalue weighted by atomic mass is 35.5. The van der Waals surface area contributed by atoms with Crippen molar-refractivity contribution in [1.29, 1.82) is 0 Å². The second kappa shape index (κ2) is 13.0. The number of rotatable bonds is 8. The first kappa shape index (κ1) is 21.5. The standard InChI is InChI=1S/C17H28N2O.2ClH/c1-2-10-18-15-16-8-11-19(12-9-16)13-14-20-17-6-4-3-5-7-17;;/h3-7,16,18H,2,8-15H2,1H3;2*1H. The number of hydrogen-bond acceptors (Lipinski definition) is 3. The van der Waals surface area contributed by atoms with Crippen LogP contribution in [0.4, 0.5) is 0 Å². The van der Waals surface area contributed by atoms with Gasteiger partial charge < -0.3 is 10.1 Å². The molecule has 3 nitrogen and oxygen atoms in total. The van der Waals surface area contributed by atoms with Gasteiger partial charge in [-0.05, 0) is 63.5 Å². The molecule has 2 rings (SSSR count). The Balaban J connectivity index is 0.00000220. The molecular formula is C17H30Cl2N2O. The van der Waals surface area contributed by atoms with Crippen LogP contribution in [-0.4, -0.2) is 44.2 Å². The van der Waals surface area contributed by atoms with E-state index in [-0.39, 0.29) is 24.8 Å². The average molecular weight is 349 g/mol. The molecule has 0 unspecified atom stereocenters. The zero-order valence-corrected chi connectivity index (χ0v) is 15.1. The van der Waals surface area contributed by atoms with Crippen molar-refractivity contribution in [3.8, 4) is 5.75 Å². The van der Waals surface area contributed by atoms with E-state index in [9.17, 15) is 0 Å². The lowest BCUT2D eigenvalue weighted by molar-refractivity contribution is 0.154. The predicted octanol–water partition coefficient (Wildman–Crippen LogP) is 3.62. The minimum atomic E-state index is 0. The molecule has 0 spiro atoms. The molecule has 0 saturated carbocycles. The first-order valence-electron chi connectivity index (χ1n) is 7.99. The number of nitrogens with one attached hydrogen (secondary N) is 1. The molecule has 1 fully saturated rings. The van der Waals surface area contributed by atoms with Gasteiger partial charge in [0.15, 0.2) is 0 Å². The third-order valence-corrected chi connectivity index (χ3v) is 3.99. The van der Waals surface area contributed by atoms with Crippen molar-refractivity contribution in [1.82, 2.24) is 10.2 Å². The van der Waals surface area contributed by atoms with Crippen LogP contribution in [0.2, 0.25) is 0 Å². The second-order valence-corrected chi connectivity index (χ2v) is 5.65. The number of piperidine rings is 1. The molecule has 0 amide bonds. The summed E-state index contributed by atoms with van der Waals surface area (Å²) < 4.78 is 5.76. The van der Waals surface area contributed by atoms with E-state index in [1.54, 1.807) is 0 Å². The zero-order valence-electron chi connectivity index (χ0n) is 13.5. The largest absolute Gasteiger partial charge is 0.492 e. The summed E-state index contributed by atoms with van der Waals surface area (Å²) in [7, 11) is 0. The van der Waals surface area contributed by atoms with E-state index in [4.69, 9.17) is 4.74 Å². The molecule has 22 heavy (non-hydrogen) atoms. The Morgan fingerprint density at radius 2 is 1.82 bits per heavy atom. The van der Waals surface area contributed by atoms with Gasteiger partial charge in [-0.25, -0.2) is 0 Å². The third kappa shape index (κ3) is 8.23. The van der Waals surface area contributed by atoms with Crippen LogP contribution in [-0.2, 0) is 0 Å². The molecule has 0 aliphatic carbocycles. The van der Waals surface area contributed by atoms with Crippen molar-refractivity contribution >= 4 is 24.8 Å². The molecule has 0 bridgehead atoms. The molecular weight excluding hydrogens is 319 g/mol. The van der Waals surface area contributed by atoms with Crippen LogP contribution in [0, 0.1) is 5.92 Å². The van der Waals surface area contributed by atoms with E-state index in [0.717, 1.165) is 31.4 Å². The summed E-state index contributed by atoms with van der Waals surface area (Å²) >= 11 is 0. The Morgan fingerprint density at radius 1 is 1.14 bits per heavy atom. The average Bonchev–Trinajstić information content (AvgIpc) is 2.50. The number of hydrogen-bond donors (Lipinski definition) is 1. The maximum Gasteiger partial charge on any atom is 0.119 e. The smallest absolute Gasteiger partial charge is 0.119 e. The molecule has 1 heterocycles. The molecule has 5 heteroatoms. The van der Waals surface area contributed by atoms with Crippen molar-refractivity contribution in [3.63, 3.8) is 0 Å². The van der Waals surface area contributed by atoms with E-state index >= 15 is 0 Å². The summed E-state index contributed by atoms with van der Waals surface area (Å²) in [4.78, 5) is 2.53. The molecule has 1 aromatic rings. The van der Waals surface area contributed by atoms with E-state index in [2.05, 4.69) is 17.1 Å². The number of likely N-dealkylation sites (tertiary alicyclic amines) is 1. The van der Waals surface area contributed by atoms with Crippen molar-refractivity contribution in [2.75, 3.05) is 39.3 Å². The van der Waals surface area contributed by atoms with E-state index in [1.165, 1.54) is 38.9 Å². The van der Waals surface area contributed by atoms with E-state index in [1.807, 2.05) is 30.3 Å². The van der Waals surface area contributed by atoms with Crippen LogP contribution < -0.4 is 10.1 Å². The predicted molar refractivity (Wildman–Crippen MR) is 98.8 cm³/mol. The van der Waals surface area contributed by atoms with Crippen molar-refractivity contribution in [2.45, 2.75) is 26.2 Å². The molecule has 0 atom stereocenters. The monoisotopic (exact) mass is 348 g/mol. The van der Waals surface area contributed by atoms with Gasteiger partial charge in [0, 0.05) is 6.54 Å². The maximum atomic E-state index is 5.76. The molecule has 1 aliphatic heterocycles. The topological polar surface area (TPSA) is 24.5 Å². The minimum Gasteiger partial charge on any atom is -0.492 e. The maximum absolute atomic E-state index is 5.76. The summed E-state index contributed by atoms with van der Waals surface area (Å²) in [5, 5.41) is 3.54. The Morgan fingerprint density at radius 3 is 2.45 bits per heavy atom. The summed E-state index contributed by atoms with van der Waals surface area (Å²) in [6.07, 6.45) is 3.87. The lowest BCUT2D eigenvalue weighted by atomic mass is 9.97. The first-order chi connectivity index (χ1) is 9.88. The fourth-order valence-electron chi connectivity index (χ4n) is 2.71. The van der Waals surface area contributed by atoms with Crippen LogP contribution in [0.15, 0.2) is 30.3 Å². The zero-order chi connectivity index (χ0) is 14.0. The SMILES string of the molecule is CCCNCC1CCN(CCOc2ccccc2)CC1.Cl.Cl. The van der Waals surface area contributed by atoms with Gasteiger partial charge in [-0.3, -0.25) is 4.90 Å². The van der Waals surface area contributed by atoms with Gasteiger partial charge in [-0.1, -0.05) is 25.1 Å². The highest BCUT2D eigenvalue weighted by molar-refractivity contribution is 5.85. The molecule has 128 valence electrons. The first-order valence-corrected chi connectivity index (χ1v) is 7.99. The van der Waals surface area contributed by atoms with Crippen molar-refractivity contribution in [2.24, 2.45) is 5.92 Å². The second-order valence-electron chi connectivity index (χ2n) is 5.65. The third-order valence-electron chi connectivity index (χ3n) is 3.99. The number of benzene rings is 1. The summed E-state index contributed by atoms with van der Waals surface area (Å²) in [5.74, 6) is 1.85. The highest BCUT2D eigenvalue weighted by Crippen LogP contribution is 2.16. The van der Waals surface area contributed by atoms with Crippen LogP contribution in [0.25, 0.3) is 0 Å². The van der Waals surface area contributed by atoms with E-state index < -0.39 is 0 Å². The summed E-state index contributed by atoms with van der Waals surface area (Å²) in [5.41, 5.74) is 0. The normalized spacial score (nSPS) is 15.7. The number of halogens is 2. The molecule has 0 radical (unpaired) electrons. The molecule has 1 saturated heterocycles. The van der Waals surface area contributed by atoms with Gasteiger partial charge in [0.1, 0.15) is 12.4 Å². The summed E-state index contributed by atoms with van der Waals surface area (Å²) in [6.45, 7) is 8.86. The number of para-hydroxylation sites is 1. The van der Waals surface area contributed by atoms with Crippen LogP contribution in [0.5, 0.6) is 5.75 Å². The van der Waals surface area contributed by atoms with Crippen LogP contribution in [0.1, 0.15) is 26.2 Å². The van der Waals surface area contributed by atoms with Gasteiger partial charge in [-0.15, -0.1) is 24.8 Å². The molecule has 1 N–H and O–H groups in total. The Labute approximate surface area is 147 Å². The molecule has 1 aliphatic rings. The number of nitrogens with zero attached hydrogens (tertiary/aromatic N) is 1. The van der Waals surface area contributed by atoms with Gasteiger partial charge in [-0.2, -0.15) is 0 Å². The Bertz CT molecular complexity index is 357. The fraction of sp³-hybridized carbons (Fsp3) is 0.647. The van der Waals surface area contributed by atoms with Gasteiger partial charge in [0.2, 0.25) is 0 Å². The Hall–Kier alpha value is -0.480. The van der Waals surface area contributed by atoms with Crippen LogP contribution >= 0.6 is 24.8 Å². The Kier molecular flexibility index (Phi) is 12.7. The summed E-state index contributed by atoms with van der Waals surface area (Å²) in [6, 6.07) is 10.1. The minimum absolute atomic E-state index is 0. The lowest BCUT2D eigenvalue weighted by Crippen LogP contribution is -2.39.